The fourth-order valence-electron chi connectivity index (χ4n) is 4.74. The van der Waals surface area contributed by atoms with Gasteiger partial charge in [0.2, 0.25) is 0 Å². The molecule has 1 aromatic carbocycles. The maximum atomic E-state index is 13.1. The number of rotatable bonds is 10. The minimum atomic E-state index is -0.788. The number of nitrogens with zero attached hydrogens (tertiary/aromatic N) is 4. The molecular weight excluding hydrogens is 496 g/mol. The van der Waals surface area contributed by atoms with Crippen LogP contribution in [0.5, 0.6) is 0 Å². The number of amides is 1. The zero-order chi connectivity index (χ0) is 27.2. The van der Waals surface area contributed by atoms with Crippen molar-refractivity contribution in [1.82, 2.24) is 19.6 Å². The Morgan fingerprint density at radius 3 is 2.49 bits per heavy atom. The molecule has 1 aliphatic carbocycles. The summed E-state index contributed by atoms with van der Waals surface area (Å²) in [6, 6.07) is 13.7. The van der Waals surface area contributed by atoms with Crippen molar-refractivity contribution >= 4 is 40.4 Å². The van der Waals surface area contributed by atoms with Crippen LogP contribution in [0.2, 0.25) is 0 Å². The van der Waals surface area contributed by atoms with Crippen LogP contribution in [-0.2, 0) is 11.2 Å². The Hall–Kier alpha value is -4.51. The van der Waals surface area contributed by atoms with Crippen LogP contribution in [-0.4, -0.2) is 48.6 Å². The number of hydrogen-bond acceptors (Lipinski definition) is 8. The van der Waals surface area contributed by atoms with E-state index in [0.29, 0.717) is 41.4 Å². The van der Waals surface area contributed by atoms with Crippen molar-refractivity contribution in [3.8, 4) is 0 Å². The van der Waals surface area contributed by atoms with E-state index in [-0.39, 0.29) is 24.4 Å². The number of nitrogens with one attached hydrogen (secondary N) is 3. The number of nitrogens with two attached hydrogens (primary N) is 1. The number of aryl methyl sites for hydroxylation is 1. The molecule has 0 unspecified atom stereocenters. The quantitative estimate of drug-likeness (QED) is 0.203. The summed E-state index contributed by atoms with van der Waals surface area (Å²) in [5.41, 5.74) is 10.1. The summed E-state index contributed by atoms with van der Waals surface area (Å²) in [6.07, 6.45) is 9.98. The van der Waals surface area contributed by atoms with Crippen LogP contribution in [0.3, 0.4) is 0 Å². The number of anilines is 4. The maximum absolute atomic E-state index is 13.1. The van der Waals surface area contributed by atoms with E-state index in [9.17, 15) is 9.59 Å². The fourth-order valence-corrected chi connectivity index (χ4v) is 4.74. The lowest BCUT2D eigenvalue weighted by molar-refractivity contribution is -0.137. The van der Waals surface area contributed by atoms with Gasteiger partial charge in [0.15, 0.2) is 11.3 Å². The van der Waals surface area contributed by atoms with Crippen LogP contribution in [0.15, 0.2) is 61.1 Å². The van der Waals surface area contributed by atoms with E-state index in [0.717, 1.165) is 36.9 Å². The maximum Gasteiger partial charge on any atom is 0.303 e. The summed E-state index contributed by atoms with van der Waals surface area (Å²) in [7, 11) is 0. The first-order valence-corrected chi connectivity index (χ1v) is 13.1. The van der Waals surface area contributed by atoms with E-state index < -0.39 is 5.97 Å². The molecule has 0 saturated heterocycles. The van der Waals surface area contributed by atoms with E-state index in [1.807, 2.05) is 30.3 Å². The first kappa shape index (κ1) is 26.1. The molecule has 1 saturated carbocycles. The predicted octanol–water partition coefficient (Wildman–Crippen LogP) is 4.21. The number of carboxylic acids is 1. The molecule has 4 aromatic rings. The van der Waals surface area contributed by atoms with Crippen LogP contribution in [0.1, 0.15) is 54.6 Å². The normalized spacial score (nSPS) is 17.1. The van der Waals surface area contributed by atoms with E-state index in [2.05, 4.69) is 25.9 Å². The fraction of sp³-hybridized carbons (Fsp3) is 0.321. The summed E-state index contributed by atoms with van der Waals surface area (Å²) in [5, 5.41) is 23.4. The van der Waals surface area contributed by atoms with Crippen LogP contribution >= 0.6 is 0 Å². The lowest BCUT2D eigenvalue weighted by Crippen LogP contribution is -2.33. The summed E-state index contributed by atoms with van der Waals surface area (Å²) >= 11 is 0. The van der Waals surface area contributed by atoms with Crippen molar-refractivity contribution in [2.75, 3.05) is 16.0 Å². The van der Waals surface area contributed by atoms with Crippen LogP contribution in [0.25, 0.3) is 5.65 Å². The topological polar surface area (TPSA) is 160 Å². The smallest absolute Gasteiger partial charge is 0.303 e. The first-order chi connectivity index (χ1) is 18.9. The van der Waals surface area contributed by atoms with Crippen LogP contribution < -0.4 is 21.7 Å². The minimum absolute atomic E-state index is 0.147. The zero-order valence-electron chi connectivity index (χ0n) is 21.5. The van der Waals surface area contributed by atoms with Crippen LogP contribution in [0.4, 0.5) is 22.9 Å². The minimum Gasteiger partial charge on any atom is -0.481 e. The summed E-state index contributed by atoms with van der Waals surface area (Å²) in [4.78, 5) is 32.4. The monoisotopic (exact) mass is 528 g/mol. The molecule has 5 rings (SSSR count). The van der Waals surface area contributed by atoms with Gasteiger partial charge in [0.05, 0.1) is 11.9 Å². The Bertz CT molecular complexity index is 1430. The molecule has 0 bridgehead atoms. The lowest BCUT2D eigenvalue weighted by atomic mass is 9.92. The van der Waals surface area contributed by atoms with Crippen molar-refractivity contribution in [2.24, 2.45) is 5.73 Å². The van der Waals surface area contributed by atoms with Crippen molar-refractivity contribution in [2.45, 2.75) is 57.0 Å². The number of carbonyl (C=O) groups excluding carboxylic acids is 1. The number of aromatic nitrogens is 4. The van der Waals surface area contributed by atoms with E-state index in [1.54, 1.807) is 29.0 Å². The molecule has 0 aliphatic heterocycles. The molecule has 0 spiro atoms. The van der Waals surface area contributed by atoms with E-state index in [1.165, 1.54) is 6.20 Å². The Kier molecular flexibility index (Phi) is 7.97. The van der Waals surface area contributed by atoms with Crippen molar-refractivity contribution < 1.29 is 14.7 Å². The van der Waals surface area contributed by atoms with Gasteiger partial charge < -0.3 is 26.8 Å². The molecule has 1 amide bonds. The number of pyridine rings is 1. The number of carboxylic acid groups (broad SMARTS) is 1. The molecule has 1 aliphatic rings. The average Bonchev–Trinajstić information content (AvgIpc) is 3.36. The largest absolute Gasteiger partial charge is 0.481 e. The Labute approximate surface area is 225 Å². The summed E-state index contributed by atoms with van der Waals surface area (Å²) in [6.45, 7) is 0. The third-order valence-corrected chi connectivity index (χ3v) is 6.85. The molecule has 0 radical (unpaired) electrons. The second-order valence-corrected chi connectivity index (χ2v) is 9.84. The molecule has 3 aromatic heterocycles. The molecule has 39 heavy (non-hydrogen) atoms. The molecule has 11 nitrogen and oxygen atoms in total. The number of fused-ring (bicyclic) bond motifs is 1. The van der Waals surface area contributed by atoms with Gasteiger partial charge in [-0.2, -0.15) is 0 Å². The second-order valence-electron chi connectivity index (χ2n) is 9.84. The Balaban J connectivity index is 1.41. The van der Waals surface area contributed by atoms with Gasteiger partial charge >= 0.3 is 5.97 Å². The molecule has 11 heteroatoms. The average molecular weight is 529 g/mol. The zero-order valence-corrected chi connectivity index (χ0v) is 21.5. The summed E-state index contributed by atoms with van der Waals surface area (Å²) < 4.78 is 1.55. The second kappa shape index (κ2) is 11.9. The molecule has 0 atom stereocenters. The van der Waals surface area contributed by atoms with Gasteiger partial charge in [-0.1, -0.05) is 12.1 Å². The number of aliphatic carboxylic acids is 1. The van der Waals surface area contributed by atoms with Crippen molar-refractivity contribution in [1.29, 1.82) is 0 Å². The number of carbonyl (C=O) groups is 2. The Morgan fingerprint density at radius 1 is 1.03 bits per heavy atom. The predicted molar refractivity (Wildman–Crippen MR) is 149 cm³/mol. The highest BCUT2D eigenvalue weighted by atomic mass is 16.4. The number of hydrogen-bond donors (Lipinski definition) is 5. The van der Waals surface area contributed by atoms with Gasteiger partial charge in [-0.3, -0.25) is 14.6 Å². The van der Waals surface area contributed by atoms with Crippen molar-refractivity contribution in [3.63, 3.8) is 0 Å². The highest BCUT2D eigenvalue weighted by Gasteiger charge is 2.21. The molecule has 202 valence electrons. The highest BCUT2D eigenvalue weighted by Crippen LogP contribution is 2.27. The molecule has 1 fully saturated rings. The Morgan fingerprint density at radius 2 is 1.77 bits per heavy atom. The van der Waals surface area contributed by atoms with Crippen LogP contribution in [0, 0.1) is 0 Å². The third-order valence-electron chi connectivity index (χ3n) is 6.85. The SMILES string of the molecule is NC1CCC(Nc2cc(Nc3ccc(CCCC(=O)O)cc3)c3ncc(C(=O)Nc4ccncc4)n3n2)CC1. The third kappa shape index (κ3) is 6.68. The van der Waals surface area contributed by atoms with Gasteiger partial charge in [0, 0.05) is 48.3 Å². The lowest BCUT2D eigenvalue weighted by Gasteiger charge is -2.27. The van der Waals surface area contributed by atoms with Gasteiger partial charge in [0.1, 0.15) is 5.82 Å². The number of benzene rings is 1. The van der Waals surface area contributed by atoms with Crippen molar-refractivity contribution in [3.05, 3.63) is 72.3 Å². The molecular formula is C28H32N8O3. The standard InChI is InChI=1S/C28H32N8O3/c29-19-6-10-21(11-7-19)33-25-16-23(32-20-8-4-18(5-9-20)2-1-3-26(37)38)27-31-17-24(36(27)35-25)28(39)34-22-12-14-30-15-13-22/h4-5,8-9,12-17,19,21,32H,1-3,6-7,10-11,29H2,(H,33,35)(H,37,38)(H,30,34,39). The van der Waals surface area contributed by atoms with E-state index in [4.69, 9.17) is 15.9 Å². The van der Waals surface area contributed by atoms with Gasteiger partial charge in [0.25, 0.3) is 5.91 Å². The first-order valence-electron chi connectivity index (χ1n) is 13.1. The van der Waals surface area contributed by atoms with Gasteiger partial charge in [-0.25, -0.2) is 9.50 Å². The molecule has 3 heterocycles. The highest BCUT2D eigenvalue weighted by molar-refractivity contribution is 6.03. The van der Waals surface area contributed by atoms with E-state index >= 15 is 0 Å². The van der Waals surface area contributed by atoms with Gasteiger partial charge in [-0.15, -0.1) is 5.10 Å². The summed E-state index contributed by atoms with van der Waals surface area (Å²) in [5.74, 6) is -0.491. The number of imidazole rings is 1. The van der Waals surface area contributed by atoms with Gasteiger partial charge in [-0.05, 0) is 68.4 Å². The molecule has 6 N–H and O–H groups in total.